The molecule has 1 unspecified atom stereocenters. The molecule has 3 N–H and O–H groups in total. The van der Waals surface area contributed by atoms with Gasteiger partial charge in [-0.05, 0) is 31.0 Å². The number of carbonyl (C=O) groups is 2. The van der Waals surface area contributed by atoms with Crippen LogP contribution in [0.15, 0.2) is 12.1 Å². The van der Waals surface area contributed by atoms with Crippen LogP contribution in [0.1, 0.15) is 34.3 Å². The van der Waals surface area contributed by atoms with Crippen LogP contribution in [0.4, 0.5) is 5.69 Å². The Labute approximate surface area is 87.7 Å². The molecule has 1 aromatic rings. The van der Waals surface area contributed by atoms with Gasteiger partial charge in [-0.3, -0.25) is 9.59 Å². The first kappa shape index (κ1) is 11.2. The SMILES string of the molecule is Cc1c(C(C)C(=O)O)ccc(C=O)c1N. The first-order valence-electron chi connectivity index (χ1n) is 4.56. The molecule has 1 rings (SSSR count). The van der Waals surface area contributed by atoms with Crippen LogP contribution in [0.25, 0.3) is 0 Å². The van der Waals surface area contributed by atoms with E-state index in [2.05, 4.69) is 0 Å². The lowest BCUT2D eigenvalue weighted by Crippen LogP contribution is -2.10. The summed E-state index contributed by atoms with van der Waals surface area (Å²) in [4.78, 5) is 21.4. The third kappa shape index (κ3) is 1.98. The summed E-state index contributed by atoms with van der Waals surface area (Å²) < 4.78 is 0. The normalized spacial score (nSPS) is 12.1. The van der Waals surface area contributed by atoms with E-state index in [0.717, 1.165) is 0 Å². The van der Waals surface area contributed by atoms with Crippen molar-refractivity contribution >= 4 is 17.9 Å². The zero-order chi connectivity index (χ0) is 11.6. The van der Waals surface area contributed by atoms with Crippen LogP contribution in [0.5, 0.6) is 0 Å². The highest BCUT2D eigenvalue weighted by Crippen LogP contribution is 2.26. The Balaban J connectivity index is 3.29. The second-order valence-corrected chi connectivity index (χ2v) is 3.46. The second kappa shape index (κ2) is 4.13. The van der Waals surface area contributed by atoms with Gasteiger partial charge in [0.25, 0.3) is 0 Å². The number of anilines is 1. The monoisotopic (exact) mass is 207 g/mol. The van der Waals surface area contributed by atoms with Crippen LogP contribution in [0, 0.1) is 6.92 Å². The maximum atomic E-state index is 10.8. The lowest BCUT2D eigenvalue weighted by Gasteiger charge is -2.13. The molecule has 15 heavy (non-hydrogen) atoms. The van der Waals surface area contributed by atoms with Crippen molar-refractivity contribution in [3.05, 3.63) is 28.8 Å². The molecule has 0 aliphatic rings. The van der Waals surface area contributed by atoms with Crippen LogP contribution < -0.4 is 5.73 Å². The smallest absolute Gasteiger partial charge is 0.310 e. The minimum Gasteiger partial charge on any atom is -0.481 e. The molecule has 80 valence electrons. The van der Waals surface area contributed by atoms with Gasteiger partial charge in [-0.25, -0.2) is 0 Å². The van der Waals surface area contributed by atoms with Gasteiger partial charge in [0.05, 0.1) is 5.92 Å². The third-order valence-corrected chi connectivity index (χ3v) is 2.55. The third-order valence-electron chi connectivity index (χ3n) is 2.55. The topological polar surface area (TPSA) is 80.4 Å². The van der Waals surface area contributed by atoms with Crippen molar-refractivity contribution in [1.82, 2.24) is 0 Å². The van der Waals surface area contributed by atoms with Crippen molar-refractivity contribution in [1.29, 1.82) is 0 Å². The molecule has 0 bridgehead atoms. The summed E-state index contributed by atoms with van der Waals surface area (Å²) in [6, 6.07) is 3.18. The molecular formula is C11H13NO3. The Kier molecular flexibility index (Phi) is 3.09. The molecule has 0 aliphatic heterocycles. The minimum absolute atomic E-state index is 0.357. The highest BCUT2D eigenvalue weighted by molar-refractivity contribution is 5.86. The van der Waals surface area contributed by atoms with Crippen LogP contribution in [-0.4, -0.2) is 17.4 Å². The van der Waals surface area contributed by atoms with Gasteiger partial charge in [0.15, 0.2) is 6.29 Å². The highest BCUT2D eigenvalue weighted by atomic mass is 16.4. The predicted octanol–water partition coefficient (Wildman–Crippen LogP) is 1.58. The highest BCUT2D eigenvalue weighted by Gasteiger charge is 2.17. The number of hydrogen-bond donors (Lipinski definition) is 2. The van der Waals surface area contributed by atoms with E-state index in [4.69, 9.17) is 10.8 Å². The average molecular weight is 207 g/mol. The Morgan fingerprint density at radius 2 is 2.13 bits per heavy atom. The predicted molar refractivity (Wildman–Crippen MR) is 57.0 cm³/mol. The number of carboxylic acid groups (broad SMARTS) is 1. The number of benzene rings is 1. The van der Waals surface area contributed by atoms with Crippen molar-refractivity contribution in [2.75, 3.05) is 5.73 Å². The lowest BCUT2D eigenvalue weighted by atomic mass is 9.93. The fourth-order valence-corrected chi connectivity index (χ4v) is 1.47. The summed E-state index contributed by atoms with van der Waals surface area (Å²) in [6.07, 6.45) is 0.664. The molecule has 0 aromatic heterocycles. The van der Waals surface area contributed by atoms with E-state index in [1.54, 1.807) is 26.0 Å². The molecule has 4 heteroatoms. The van der Waals surface area contributed by atoms with Crippen LogP contribution >= 0.6 is 0 Å². The van der Waals surface area contributed by atoms with Crippen molar-refractivity contribution < 1.29 is 14.7 Å². The number of nitrogen functional groups attached to an aromatic ring is 1. The molecule has 0 saturated heterocycles. The summed E-state index contributed by atoms with van der Waals surface area (Å²) in [5.41, 5.74) is 7.77. The molecule has 0 heterocycles. The molecule has 0 amide bonds. The Morgan fingerprint density at radius 3 is 2.60 bits per heavy atom. The molecule has 0 fully saturated rings. The molecular weight excluding hydrogens is 194 g/mol. The fraction of sp³-hybridized carbons (Fsp3) is 0.273. The first-order chi connectivity index (χ1) is 6.99. The zero-order valence-corrected chi connectivity index (χ0v) is 8.65. The van der Waals surface area contributed by atoms with Gasteiger partial charge in [0, 0.05) is 11.3 Å². The number of aldehydes is 1. The molecule has 4 nitrogen and oxygen atoms in total. The van der Waals surface area contributed by atoms with Crippen LogP contribution in [-0.2, 0) is 4.79 Å². The number of nitrogens with two attached hydrogens (primary N) is 1. The maximum Gasteiger partial charge on any atom is 0.310 e. The van der Waals surface area contributed by atoms with E-state index in [1.165, 1.54) is 0 Å². The van der Waals surface area contributed by atoms with E-state index in [0.29, 0.717) is 28.7 Å². The summed E-state index contributed by atoms with van der Waals surface area (Å²) in [5, 5.41) is 8.87. The number of carbonyl (C=O) groups excluding carboxylic acids is 1. The van der Waals surface area contributed by atoms with E-state index in [1.807, 2.05) is 0 Å². The quantitative estimate of drug-likeness (QED) is 0.582. The molecule has 0 radical (unpaired) electrons. The van der Waals surface area contributed by atoms with Gasteiger partial charge in [0.1, 0.15) is 0 Å². The van der Waals surface area contributed by atoms with Crippen LogP contribution in [0.2, 0.25) is 0 Å². The van der Waals surface area contributed by atoms with Crippen molar-refractivity contribution in [2.45, 2.75) is 19.8 Å². The maximum absolute atomic E-state index is 10.8. The van der Waals surface area contributed by atoms with Gasteiger partial charge in [-0.15, -0.1) is 0 Å². The summed E-state index contributed by atoms with van der Waals surface area (Å²) in [7, 11) is 0. The van der Waals surface area contributed by atoms with E-state index < -0.39 is 11.9 Å². The second-order valence-electron chi connectivity index (χ2n) is 3.46. The average Bonchev–Trinajstić information content (AvgIpc) is 2.21. The van der Waals surface area contributed by atoms with E-state index in [9.17, 15) is 9.59 Å². The summed E-state index contributed by atoms with van der Waals surface area (Å²) >= 11 is 0. The van der Waals surface area contributed by atoms with E-state index in [-0.39, 0.29) is 0 Å². The number of hydrogen-bond acceptors (Lipinski definition) is 3. The summed E-state index contributed by atoms with van der Waals surface area (Å²) in [5.74, 6) is -1.52. The lowest BCUT2D eigenvalue weighted by molar-refractivity contribution is -0.138. The molecule has 1 aromatic carbocycles. The Bertz CT molecular complexity index is 413. The van der Waals surface area contributed by atoms with Gasteiger partial charge in [-0.1, -0.05) is 6.07 Å². The van der Waals surface area contributed by atoms with Crippen molar-refractivity contribution in [3.63, 3.8) is 0 Å². The number of rotatable bonds is 3. The fourth-order valence-electron chi connectivity index (χ4n) is 1.47. The van der Waals surface area contributed by atoms with Gasteiger partial charge < -0.3 is 10.8 Å². The van der Waals surface area contributed by atoms with Crippen molar-refractivity contribution in [3.8, 4) is 0 Å². The molecule has 1 atom stereocenters. The van der Waals surface area contributed by atoms with Crippen molar-refractivity contribution in [2.24, 2.45) is 0 Å². The Morgan fingerprint density at radius 1 is 1.53 bits per heavy atom. The Hall–Kier alpha value is -1.84. The van der Waals surface area contributed by atoms with Crippen LogP contribution in [0.3, 0.4) is 0 Å². The molecule has 0 saturated carbocycles. The summed E-state index contributed by atoms with van der Waals surface area (Å²) in [6.45, 7) is 3.31. The first-order valence-corrected chi connectivity index (χ1v) is 4.56. The number of carboxylic acids is 1. The molecule has 0 spiro atoms. The standard InChI is InChI=1S/C11H13NO3/c1-6-9(7(2)11(14)15)4-3-8(5-13)10(6)12/h3-5,7H,12H2,1-2H3,(H,14,15). The minimum atomic E-state index is -0.906. The number of aliphatic carboxylic acids is 1. The van der Waals surface area contributed by atoms with Gasteiger partial charge in [0.2, 0.25) is 0 Å². The van der Waals surface area contributed by atoms with Gasteiger partial charge >= 0.3 is 5.97 Å². The van der Waals surface area contributed by atoms with Gasteiger partial charge in [-0.2, -0.15) is 0 Å². The van der Waals surface area contributed by atoms with E-state index >= 15 is 0 Å². The largest absolute Gasteiger partial charge is 0.481 e. The molecule has 0 aliphatic carbocycles. The zero-order valence-electron chi connectivity index (χ0n) is 8.65.